The van der Waals surface area contributed by atoms with Gasteiger partial charge in [-0.25, -0.2) is 14.8 Å². The summed E-state index contributed by atoms with van der Waals surface area (Å²) in [6.07, 6.45) is 1.65. The fourth-order valence-electron chi connectivity index (χ4n) is 1.68. The van der Waals surface area contributed by atoms with Crippen LogP contribution in [0.2, 0.25) is 0 Å². The summed E-state index contributed by atoms with van der Waals surface area (Å²) in [5.74, 6) is 0.0866. The molecular weight excluding hydrogens is 300 g/mol. The van der Waals surface area contributed by atoms with E-state index in [4.69, 9.17) is 17.0 Å². The van der Waals surface area contributed by atoms with Crippen molar-refractivity contribution in [2.75, 3.05) is 17.2 Å². The van der Waals surface area contributed by atoms with Crippen LogP contribution in [0.25, 0.3) is 0 Å². The van der Waals surface area contributed by atoms with Gasteiger partial charge in [0, 0.05) is 17.6 Å². The van der Waals surface area contributed by atoms with E-state index in [1.54, 1.807) is 43.5 Å². The molecule has 0 unspecified atom stereocenters. The number of carbonyl (C=O) groups excluding carboxylic acids is 1. The number of nitrogens with zero attached hydrogens (tertiary/aromatic N) is 2. The summed E-state index contributed by atoms with van der Waals surface area (Å²) in [5, 5.41) is 6.26. The van der Waals surface area contributed by atoms with E-state index in [-0.39, 0.29) is 5.97 Å². The highest BCUT2D eigenvalue weighted by Gasteiger charge is 2.06. The molecule has 0 atom stereocenters. The molecule has 7 heteroatoms. The van der Waals surface area contributed by atoms with Crippen molar-refractivity contribution in [3.05, 3.63) is 47.8 Å². The van der Waals surface area contributed by atoms with E-state index in [0.717, 1.165) is 11.4 Å². The van der Waals surface area contributed by atoms with Gasteiger partial charge in [-0.3, -0.25) is 0 Å². The summed E-state index contributed by atoms with van der Waals surface area (Å²) in [7, 11) is 0. The van der Waals surface area contributed by atoms with Crippen LogP contribution in [0.1, 0.15) is 23.0 Å². The molecule has 1 aromatic heterocycles. The van der Waals surface area contributed by atoms with Gasteiger partial charge in [-0.15, -0.1) is 0 Å². The maximum absolute atomic E-state index is 11.6. The molecule has 0 aliphatic carbocycles. The molecule has 0 spiro atoms. The minimum Gasteiger partial charge on any atom is -0.462 e. The van der Waals surface area contributed by atoms with Gasteiger partial charge in [0.1, 0.15) is 0 Å². The number of carbonyl (C=O) groups is 1. The third-order valence-electron chi connectivity index (χ3n) is 2.67. The first-order valence-corrected chi connectivity index (χ1v) is 7.14. The molecule has 0 saturated heterocycles. The fraction of sp³-hybridized carbons (Fsp3) is 0.200. The summed E-state index contributed by atoms with van der Waals surface area (Å²) >= 11 is 5.19. The van der Waals surface area contributed by atoms with Crippen molar-refractivity contribution in [2.24, 2.45) is 0 Å². The molecule has 0 aliphatic heterocycles. The van der Waals surface area contributed by atoms with Gasteiger partial charge in [-0.2, -0.15) is 0 Å². The van der Waals surface area contributed by atoms with Crippen LogP contribution in [0.5, 0.6) is 0 Å². The number of aryl methyl sites for hydroxylation is 1. The Labute approximate surface area is 133 Å². The fourth-order valence-corrected chi connectivity index (χ4v) is 1.89. The summed E-state index contributed by atoms with van der Waals surface area (Å²) < 4.78 is 4.93. The second-order valence-electron chi connectivity index (χ2n) is 4.40. The molecule has 0 radical (unpaired) electrons. The van der Waals surface area contributed by atoms with Crippen molar-refractivity contribution in [1.29, 1.82) is 0 Å². The second kappa shape index (κ2) is 7.46. The van der Waals surface area contributed by atoms with Crippen LogP contribution in [-0.4, -0.2) is 27.7 Å². The van der Waals surface area contributed by atoms with Crippen molar-refractivity contribution in [2.45, 2.75) is 13.8 Å². The molecule has 0 fully saturated rings. The number of esters is 1. The summed E-state index contributed by atoms with van der Waals surface area (Å²) in [5.41, 5.74) is 2.09. The van der Waals surface area contributed by atoms with E-state index in [1.165, 1.54) is 0 Å². The summed E-state index contributed by atoms with van der Waals surface area (Å²) in [6, 6.07) is 8.64. The van der Waals surface area contributed by atoms with Gasteiger partial charge >= 0.3 is 5.97 Å². The maximum Gasteiger partial charge on any atom is 0.338 e. The van der Waals surface area contributed by atoms with Gasteiger partial charge in [-0.1, -0.05) is 0 Å². The Bertz CT molecular complexity index is 673. The number of thiocarbonyl (C=S) groups is 1. The number of ether oxygens (including phenoxy) is 1. The van der Waals surface area contributed by atoms with Gasteiger partial charge < -0.3 is 15.4 Å². The normalized spacial score (nSPS) is 9.91. The molecule has 0 bridgehead atoms. The lowest BCUT2D eigenvalue weighted by atomic mass is 10.2. The summed E-state index contributed by atoms with van der Waals surface area (Å²) in [4.78, 5) is 19.8. The third kappa shape index (κ3) is 4.49. The average molecular weight is 316 g/mol. The number of aromatic nitrogens is 2. The first-order chi connectivity index (χ1) is 10.6. The molecule has 0 aliphatic rings. The SMILES string of the molecule is CCOC(=O)c1ccc(NC(=S)Nc2nccc(C)n2)cc1. The number of hydrogen-bond donors (Lipinski definition) is 2. The first-order valence-electron chi connectivity index (χ1n) is 6.73. The second-order valence-corrected chi connectivity index (χ2v) is 4.81. The highest BCUT2D eigenvalue weighted by Crippen LogP contribution is 2.11. The number of nitrogens with one attached hydrogen (secondary N) is 2. The van der Waals surface area contributed by atoms with E-state index >= 15 is 0 Å². The van der Waals surface area contributed by atoms with Gasteiger partial charge in [0.05, 0.1) is 12.2 Å². The number of rotatable bonds is 4. The smallest absolute Gasteiger partial charge is 0.338 e. The molecule has 1 aromatic carbocycles. The van der Waals surface area contributed by atoms with E-state index in [9.17, 15) is 4.79 Å². The van der Waals surface area contributed by atoms with Gasteiger partial charge in [0.2, 0.25) is 5.95 Å². The van der Waals surface area contributed by atoms with E-state index in [0.29, 0.717) is 23.2 Å². The maximum atomic E-state index is 11.6. The number of anilines is 2. The van der Waals surface area contributed by atoms with Crippen molar-refractivity contribution in [3.63, 3.8) is 0 Å². The standard InChI is InChI=1S/C15H16N4O2S/c1-3-21-13(20)11-4-6-12(7-5-11)18-15(22)19-14-16-9-8-10(2)17-14/h4-9H,3H2,1-2H3,(H2,16,17,18,19,22). The number of benzene rings is 1. The predicted octanol–water partition coefficient (Wildman–Crippen LogP) is 2.77. The highest BCUT2D eigenvalue weighted by molar-refractivity contribution is 7.80. The first kappa shape index (κ1) is 15.8. The minimum atomic E-state index is -0.345. The van der Waals surface area contributed by atoms with Crippen molar-refractivity contribution < 1.29 is 9.53 Å². The zero-order valence-corrected chi connectivity index (χ0v) is 13.1. The zero-order chi connectivity index (χ0) is 15.9. The van der Waals surface area contributed by atoms with Crippen LogP contribution in [-0.2, 0) is 4.74 Å². The van der Waals surface area contributed by atoms with Gasteiger partial charge in [-0.05, 0) is 56.4 Å². The molecule has 114 valence electrons. The zero-order valence-electron chi connectivity index (χ0n) is 12.3. The van der Waals surface area contributed by atoms with Crippen molar-refractivity contribution in [1.82, 2.24) is 9.97 Å². The topological polar surface area (TPSA) is 76.1 Å². The Hall–Kier alpha value is -2.54. The van der Waals surface area contributed by atoms with E-state index in [1.807, 2.05) is 6.92 Å². The van der Waals surface area contributed by atoms with E-state index < -0.39 is 0 Å². The quantitative estimate of drug-likeness (QED) is 0.663. The van der Waals surface area contributed by atoms with Crippen LogP contribution < -0.4 is 10.6 Å². The lowest BCUT2D eigenvalue weighted by Gasteiger charge is -2.10. The molecule has 6 nitrogen and oxygen atoms in total. The molecule has 2 N–H and O–H groups in total. The molecule has 0 amide bonds. The van der Waals surface area contributed by atoms with Crippen LogP contribution in [0.3, 0.4) is 0 Å². The lowest BCUT2D eigenvalue weighted by molar-refractivity contribution is 0.0526. The van der Waals surface area contributed by atoms with Crippen molar-refractivity contribution in [3.8, 4) is 0 Å². The van der Waals surface area contributed by atoms with Crippen LogP contribution in [0.15, 0.2) is 36.5 Å². The predicted molar refractivity (Wildman–Crippen MR) is 89.0 cm³/mol. The minimum absolute atomic E-state index is 0.345. The van der Waals surface area contributed by atoms with E-state index in [2.05, 4.69) is 20.6 Å². The van der Waals surface area contributed by atoms with Crippen LogP contribution in [0, 0.1) is 6.92 Å². The van der Waals surface area contributed by atoms with Crippen LogP contribution in [0.4, 0.5) is 11.6 Å². The highest BCUT2D eigenvalue weighted by atomic mass is 32.1. The summed E-state index contributed by atoms with van der Waals surface area (Å²) in [6.45, 7) is 3.99. The Morgan fingerprint density at radius 3 is 2.59 bits per heavy atom. The molecule has 0 saturated carbocycles. The largest absolute Gasteiger partial charge is 0.462 e. The monoisotopic (exact) mass is 316 g/mol. The third-order valence-corrected chi connectivity index (χ3v) is 2.88. The molecular formula is C15H16N4O2S. The number of hydrogen-bond acceptors (Lipinski definition) is 5. The molecule has 22 heavy (non-hydrogen) atoms. The van der Waals surface area contributed by atoms with Gasteiger partial charge in [0.15, 0.2) is 5.11 Å². The Morgan fingerprint density at radius 2 is 1.95 bits per heavy atom. The lowest BCUT2D eigenvalue weighted by Crippen LogP contribution is -2.20. The molecule has 2 rings (SSSR count). The Morgan fingerprint density at radius 1 is 1.23 bits per heavy atom. The molecule has 2 aromatic rings. The van der Waals surface area contributed by atoms with Crippen LogP contribution >= 0.6 is 12.2 Å². The molecule has 1 heterocycles. The Kier molecular flexibility index (Phi) is 5.37. The Balaban J connectivity index is 1.95. The van der Waals surface area contributed by atoms with Gasteiger partial charge in [0.25, 0.3) is 0 Å². The average Bonchev–Trinajstić information content (AvgIpc) is 2.48. The van der Waals surface area contributed by atoms with Crippen molar-refractivity contribution >= 4 is 34.9 Å².